The number of nitrogens with one attached hydrogen (secondary N) is 3. The van der Waals surface area contributed by atoms with Gasteiger partial charge >= 0.3 is 5.97 Å². The molecule has 0 unspecified atom stereocenters. The van der Waals surface area contributed by atoms with Crippen LogP contribution in [0.25, 0.3) is 0 Å². The average Bonchev–Trinajstić information content (AvgIpc) is 3.48. The maximum absolute atomic E-state index is 13.3. The third kappa shape index (κ3) is 5.14. The minimum absolute atomic E-state index is 0.000723. The van der Waals surface area contributed by atoms with Crippen molar-refractivity contribution < 1.29 is 29.4 Å². The van der Waals surface area contributed by atoms with Crippen LogP contribution in [0, 0.1) is 17.2 Å². The fraction of sp³-hybridized carbons (Fsp3) is 0.696. The number of thioether (sulfide) groups is 1. The fourth-order valence-electron chi connectivity index (χ4n) is 5.93. The molecule has 4 aliphatic heterocycles. The number of nitrogens with zero attached hydrogens (tertiary/aromatic N) is 3. The number of guanidine groups is 1. The monoisotopic (exact) mass is 537 g/mol. The van der Waals surface area contributed by atoms with Gasteiger partial charge in [-0.25, -0.2) is 4.79 Å². The van der Waals surface area contributed by atoms with Crippen molar-refractivity contribution in [3.8, 4) is 0 Å². The van der Waals surface area contributed by atoms with Crippen LogP contribution in [0.2, 0.25) is 0 Å². The number of carboxylic acid groups (broad SMARTS) is 1. The zero-order valence-electron chi connectivity index (χ0n) is 21.1. The summed E-state index contributed by atoms with van der Waals surface area (Å²) in [6.45, 7) is 4.86. The molecule has 0 aromatic carbocycles. The van der Waals surface area contributed by atoms with Crippen molar-refractivity contribution in [2.24, 2.45) is 17.6 Å². The molecular weight excluding hydrogens is 502 g/mol. The van der Waals surface area contributed by atoms with Crippen molar-refractivity contribution in [1.82, 2.24) is 25.3 Å². The average molecular weight is 538 g/mol. The molecule has 0 radical (unpaired) electrons. The van der Waals surface area contributed by atoms with E-state index in [1.807, 2.05) is 18.9 Å². The van der Waals surface area contributed by atoms with E-state index >= 15 is 0 Å². The predicted octanol–water partition coefficient (Wildman–Crippen LogP) is -1.85. The van der Waals surface area contributed by atoms with E-state index in [1.54, 1.807) is 11.8 Å². The number of β-lactam (4-membered cyclic amide) rings is 1. The summed E-state index contributed by atoms with van der Waals surface area (Å²) in [6.07, 6.45) is 0.320. The molecule has 4 rings (SSSR count). The number of aliphatic carboxylic acids is 1. The SMILES string of the molecule is C[C@@H](O)[C@H]1C(=O)N2C(C(=O)O)=C(S[C@H]3C[C@@H](C(=O)N4CC[C@H](NC(=O)CNC(=N)N)C4)N(C)C3)[C@H](C)[C@H]12. The number of amides is 3. The fourth-order valence-corrected chi connectivity index (χ4v) is 7.53. The van der Waals surface area contributed by atoms with Crippen LogP contribution in [0.15, 0.2) is 10.6 Å². The number of hydrogen-bond acceptors (Lipinski definition) is 8. The highest BCUT2D eigenvalue weighted by atomic mass is 32.2. The van der Waals surface area contributed by atoms with Gasteiger partial charge in [-0.15, -0.1) is 11.8 Å². The zero-order chi connectivity index (χ0) is 27.2. The van der Waals surface area contributed by atoms with E-state index in [2.05, 4.69) is 10.6 Å². The standard InChI is InChI=1S/C23H35N7O6S/c1-10-17-16(11(2)31)21(34)30(17)18(22(35)36)19(10)37-13-6-14(28(3)9-13)20(33)29-5-4-12(8-29)27-15(32)7-26-23(24)25/h10-14,16-17,31H,4-9H2,1-3H3,(H,27,32)(H,35,36)(H4,24,25,26)/t10-,11-,12+,13+,14+,16-,17-/m1/s1. The lowest BCUT2D eigenvalue weighted by Crippen LogP contribution is -2.63. The summed E-state index contributed by atoms with van der Waals surface area (Å²) in [7, 11) is 1.87. The number of carboxylic acids is 1. The van der Waals surface area contributed by atoms with Crippen LogP contribution >= 0.6 is 11.8 Å². The number of aliphatic hydroxyl groups excluding tert-OH is 1. The third-order valence-electron chi connectivity index (χ3n) is 7.70. The molecule has 4 aliphatic rings. The summed E-state index contributed by atoms with van der Waals surface area (Å²) in [4.78, 5) is 55.7. The number of fused-ring (bicyclic) bond motifs is 1. The number of likely N-dealkylation sites (tertiary alicyclic amines) is 2. The molecule has 13 nitrogen and oxygen atoms in total. The van der Waals surface area contributed by atoms with E-state index in [-0.39, 0.29) is 65.2 Å². The van der Waals surface area contributed by atoms with Crippen LogP contribution in [0.5, 0.6) is 0 Å². The lowest BCUT2D eigenvalue weighted by atomic mass is 9.79. The van der Waals surface area contributed by atoms with Crippen LogP contribution in [0.1, 0.15) is 26.7 Å². The minimum atomic E-state index is -1.16. The van der Waals surface area contributed by atoms with Crippen molar-refractivity contribution in [3.63, 3.8) is 0 Å². The first kappa shape index (κ1) is 27.2. The minimum Gasteiger partial charge on any atom is -0.477 e. The van der Waals surface area contributed by atoms with Crippen molar-refractivity contribution in [2.75, 3.05) is 33.2 Å². The molecule has 3 amide bonds. The number of nitrogens with two attached hydrogens (primary N) is 1. The van der Waals surface area contributed by atoms with Gasteiger partial charge in [0.2, 0.25) is 17.7 Å². The normalized spacial score (nSPS) is 32.3. The molecule has 3 saturated heterocycles. The van der Waals surface area contributed by atoms with E-state index in [1.165, 1.54) is 16.7 Å². The number of carbonyl (C=O) groups is 4. The smallest absolute Gasteiger partial charge is 0.353 e. The number of carbonyl (C=O) groups excluding carboxylic acids is 3. The molecule has 0 aliphatic carbocycles. The third-order valence-corrected chi connectivity index (χ3v) is 9.20. The molecule has 3 fully saturated rings. The second kappa shape index (κ2) is 10.5. The second-order valence-electron chi connectivity index (χ2n) is 10.3. The molecule has 204 valence electrons. The Bertz CT molecular complexity index is 1040. The molecule has 0 aromatic rings. The second-order valence-corrected chi connectivity index (χ2v) is 11.6. The van der Waals surface area contributed by atoms with Gasteiger partial charge in [0.05, 0.1) is 30.7 Å². The van der Waals surface area contributed by atoms with Gasteiger partial charge in [0, 0.05) is 41.7 Å². The van der Waals surface area contributed by atoms with Gasteiger partial charge in [0.1, 0.15) is 5.70 Å². The molecule has 4 heterocycles. The van der Waals surface area contributed by atoms with Crippen LogP contribution < -0.4 is 16.4 Å². The van der Waals surface area contributed by atoms with E-state index in [0.717, 1.165) is 0 Å². The van der Waals surface area contributed by atoms with Crippen LogP contribution in [0.4, 0.5) is 0 Å². The lowest BCUT2D eigenvalue weighted by Gasteiger charge is -2.46. The maximum atomic E-state index is 13.3. The largest absolute Gasteiger partial charge is 0.477 e. The van der Waals surface area contributed by atoms with Gasteiger partial charge in [0.15, 0.2) is 5.96 Å². The highest BCUT2D eigenvalue weighted by molar-refractivity contribution is 8.03. The molecule has 37 heavy (non-hydrogen) atoms. The van der Waals surface area contributed by atoms with Crippen molar-refractivity contribution in [1.29, 1.82) is 5.41 Å². The Morgan fingerprint density at radius 1 is 1.30 bits per heavy atom. The Kier molecular flexibility index (Phi) is 7.72. The molecular formula is C23H35N7O6S. The first-order valence-corrected chi connectivity index (χ1v) is 13.3. The van der Waals surface area contributed by atoms with Crippen molar-refractivity contribution in [3.05, 3.63) is 10.6 Å². The van der Waals surface area contributed by atoms with Gasteiger partial charge in [-0.1, -0.05) is 6.92 Å². The molecule has 7 atom stereocenters. The Balaban J connectivity index is 1.36. The summed E-state index contributed by atoms with van der Waals surface area (Å²) < 4.78 is 0. The van der Waals surface area contributed by atoms with Crippen LogP contribution in [0.3, 0.4) is 0 Å². The molecule has 0 bridgehead atoms. The number of aliphatic hydroxyl groups is 1. The number of likely N-dealkylation sites (N-methyl/N-ethyl adjacent to an activating group) is 1. The van der Waals surface area contributed by atoms with Crippen molar-refractivity contribution in [2.45, 2.75) is 56.2 Å². The van der Waals surface area contributed by atoms with E-state index in [4.69, 9.17) is 11.1 Å². The maximum Gasteiger partial charge on any atom is 0.353 e. The quantitative estimate of drug-likeness (QED) is 0.116. The first-order chi connectivity index (χ1) is 17.4. The Morgan fingerprint density at radius 2 is 2.00 bits per heavy atom. The Labute approximate surface area is 219 Å². The zero-order valence-corrected chi connectivity index (χ0v) is 22.0. The molecule has 0 saturated carbocycles. The van der Waals surface area contributed by atoms with Gasteiger partial charge in [-0.2, -0.15) is 0 Å². The van der Waals surface area contributed by atoms with Crippen molar-refractivity contribution >= 4 is 41.4 Å². The van der Waals surface area contributed by atoms with Gasteiger partial charge in [-0.05, 0) is 26.8 Å². The lowest BCUT2D eigenvalue weighted by molar-refractivity contribution is -0.163. The summed E-state index contributed by atoms with van der Waals surface area (Å²) >= 11 is 1.43. The Morgan fingerprint density at radius 3 is 2.62 bits per heavy atom. The number of rotatable bonds is 8. The molecule has 0 spiro atoms. The van der Waals surface area contributed by atoms with Crippen LogP contribution in [-0.2, 0) is 19.2 Å². The van der Waals surface area contributed by atoms with E-state index < -0.39 is 18.0 Å². The summed E-state index contributed by atoms with van der Waals surface area (Å²) in [6, 6.07) is -0.894. The van der Waals surface area contributed by atoms with Gasteiger partial charge < -0.3 is 36.4 Å². The molecule has 7 N–H and O–H groups in total. The highest BCUT2D eigenvalue weighted by Crippen LogP contribution is 2.52. The predicted molar refractivity (Wildman–Crippen MR) is 135 cm³/mol. The van der Waals surface area contributed by atoms with E-state index in [0.29, 0.717) is 37.4 Å². The first-order valence-electron chi connectivity index (χ1n) is 12.4. The summed E-state index contributed by atoms with van der Waals surface area (Å²) in [5, 5.41) is 32.3. The molecule has 0 aromatic heterocycles. The highest BCUT2D eigenvalue weighted by Gasteiger charge is 2.60. The van der Waals surface area contributed by atoms with E-state index in [9.17, 15) is 29.4 Å². The Hall–Kier alpha value is -2.84. The van der Waals surface area contributed by atoms with Gasteiger partial charge in [0.25, 0.3) is 0 Å². The molecule has 14 heteroatoms. The van der Waals surface area contributed by atoms with Crippen LogP contribution in [-0.4, -0.2) is 117 Å². The number of hydrogen-bond donors (Lipinski definition) is 6. The topological polar surface area (TPSA) is 192 Å². The summed E-state index contributed by atoms with van der Waals surface area (Å²) in [5.41, 5.74) is 5.20. The van der Waals surface area contributed by atoms with Gasteiger partial charge in [-0.3, -0.25) is 24.7 Å². The summed E-state index contributed by atoms with van der Waals surface area (Å²) in [5.74, 6) is -2.94.